The topological polar surface area (TPSA) is 64.8 Å². The Morgan fingerprint density at radius 2 is 1.71 bits per heavy atom. The smallest absolute Gasteiger partial charge is 0.152 e. The highest BCUT2D eigenvalue weighted by molar-refractivity contribution is 7.91. The second-order valence-electron chi connectivity index (χ2n) is 7.19. The molecule has 1 aliphatic rings. The van der Waals surface area contributed by atoms with Gasteiger partial charge in [-0.2, -0.15) is 0 Å². The fourth-order valence-corrected chi connectivity index (χ4v) is 5.64. The Balaban J connectivity index is 1.72. The van der Waals surface area contributed by atoms with Gasteiger partial charge >= 0.3 is 0 Å². The molecule has 28 heavy (non-hydrogen) atoms. The number of sulfone groups is 1. The molecule has 0 radical (unpaired) electrons. The Kier molecular flexibility index (Phi) is 4.02. The van der Waals surface area contributed by atoms with Crippen LogP contribution in [0.1, 0.15) is 12.5 Å². The molecule has 4 aromatic rings. The molecule has 1 unspecified atom stereocenters. The van der Waals surface area contributed by atoms with Crippen LogP contribution in [0.25, 0.3) is 33.4 Å². The molecule has 6 heteroatoms. The first kappa shape index (κ1) is 17.1. The van der Waals surface area contributed by atoms with Gasteiger partial charge in [0.2, 0.25) is 0 Å². The minimum absolute atomic E-state index is 0.101. The van der Waals surface area contributed by atoms with Crippen molar-refractivity contribution in [1.29, 1.82) is 0 Å². The number of hydrogen-bond acceptors (Lipinski definition) is 4. The van der Waals surface area contributed by atoms with Crippen molar-refractivity contribution in [2.75, 3.05) is 11.5 Å². The van der Waals surface area contributed by atoms with E-state index in [-0.39, 0.29) is 17.5 Å². The summed E-state index contributed by atoms with van der Waals surface area (Å²) < 4.78 is 26.2. The summed E-state index contributed by atoms with van der Waals surface area (Å²) in [6.07, 6.45) is 4.24. The van der Waals surface area contributed by atoms with Gasteiger partial charge in [0.25, 0.3) is 0 Å². The van der Waals surface area contributed by atoms with E-state index in [1.165, 1.54) is 0 Å². The Labute approximate surface area is 163 Å². The van der Waals surface area contributed by atoms with Crippen LogP contribution in [0.2, 0.25) is 0 Å². The molecular formula is C22H19N3O2S. The maximum Gasteiger partial charge on any atom is 0.152 e. The Bertz CT molecular complexity index is 1260. The van der Waals surface area contributed by atoms with Gasteiger partial charge in [0.15, 0.2) is 9.84 Å². The molecule has 2 aromatic carbocycles. The molecule has 3 heterocycles. The first-order valence-electron chi connectivity index (χ1n) is 9.28. The van der Waals surface area contributed by atoms with Gasteiger partial charge in [-0.3, -0.25) is 4.98 Å². The van der Waals surface area contributed by atoms with Gasteiger partial charge in [0.1, 0.15) is 0 Å². The number of aromatic nitrogens is 3. The Morgan fingerprint density at radius 1 is 0.929 bits per heavy atom. The molecule has 5 nitrogen and oxygen atoms in total. The molecule has 140 valence electrons. The fraction of sp³-hybridized carbons (Fsp3) is 0.182. The van der Waals surface area contributed by atoms with Gasteiger partial charge < -0.3 is 4.57 Å². The van der Waals surface area contributed by atoms with E-state index in [1.807, 2.05) is 65.4 Å². The largest absolute Gasteiger partial charge is 0.326 e. The lowest BCUT2D eigenvalue weighted by atomic mass is 10.0. The third kappa shape index (κ3) is 2.99. The molecule has 1 aliphatic heterocycles. The molecule has 1 atom stereocenters. The van der Waals surface area contributed by atoms with E-state index >= 15 is 0 Å². The van der Waals surface area contributed by atoms with E-state index in [9.17, 15) is 8.42 Å². The molecule has 0 saturated carbocycles. The summed E-state index contributed by atoms with van der Waals surface area (Å²) in [5.74, 6) is 0.386. The zero-order chi connectivity index (χ0) is 19.1. The number of pyridine rings is 1. The number of imidazole rings is 1. The highest BCUT2D eigenvalue weighted by Gasteiger charge is 2.31. The number of para-hydroxylation sites is 1. The second kappa shape index (κ2) is 6.56. The van der Waals surface area contributed by atoms with Crippen LogP contribution in [0, 0.1) is 0 Å². The summed E-state index contributed by atoms with van der Waals surface area (Å²) in [5.41, 5.74) is 4.65. The number of benzene rings is 2. The monoisotopic (exact) mass is 389 g/mol. The van der Waals surface area contributed by atoms with Crippen LogP contribution >= 0.6 is 0 Å². The lowest BCUT2D eigenvalue weighted by Crippen LogP contribution is -2.11. The molecule has 0 bridgehead atoms. The molecule has 1 saturated heterocycles. The summed E-state index contributed by atoms with van der Waals surface area (Å²) in [4.78, 5) is 9.28. The number of fused-ring (bicyclic) bond motifs is 1. The van der Waals surface area contributed by atoms with Crippen LogP contribution < -0.4 is 0 Å². The van der Waals surface area contributed by atoms with Gasteiger partial charge in [0, 0.05) is 22.7 Å². The summed E-state index contributed by atoms with van der Waals surface area (Å²) in [6, 6.07) is 20.0. The third-order valence-corrected chi connectivity index (χ3v) is 7.06. The highest BCUT2D eigenvalue weighted by atomic mass is 32.2. The molecule has 5 rings (SSSR count). The third-order valence-electron chi connectivity index (χ3n) is 5.31. The Hall–Kier alpha value is -2.99. The average Bonchev–Trinajstić information content (AvgIpc) is 3.31. The number of rotatable bonds is 3. The van der Waals surface area contributed by atoms with Crippen LogP contribution in [-0.2, 0) is 9.84 Å². The van der Waals surface area contributed by atoms with Gasteiger partial charge in [0.05, 0.1) is 40.8 Å². The van der Waals surface area contributed by atoms with Crippen LogP contribution in [-0.4, -0.2) is 34.5 Å². The average molecular weight is 389 g/mol. The van der Waals surface area contributed by atoms with Crippen molar-refractivity contribution in [3.05, 3.63) is 73.2 Å². The molecule has 2 aromatic heterocycles. The van der Waals surface area contributed by atoms with Crippen molar-refractivity contribution in [2.45, 2.75) is 12.5 Å². The summed E-state index contributed by atoms with van der Waals surface area (Å²) in [7, 11) is -3.00. The maximum absolute atomic E-state index is 12.1. The van der Waals surface area contributed by atoms with E-state index < -0.39 is 9.84 Å². The van der Waals surface area contributed by atoms with Crippen molar-refractivity contribution < 1.29 is 8.42 Å². The van der Waals surface area contributed by atoms with Crippen LogP contribution in [0.4, 0.5) is 0 Å². The Morgan fingerprint density at radius 3 is 2.50 bits per heavy atom. The summed E-state index contributed by atoms with van der Waals surface area (Å²) in [5, 5.41) is 1.05. The van der Waals surface area contributed by atoms with Crippen LogP contribution in [0.15, 0.2) is 73.2 Å². The summed E-state index contributed by atoms with van der Waals surface area (Å²) in [6.45, 7) is 0. The molecule has 0 amide bonds. The minimum Gasteiger partial charge on any atom is -0.326 e. The standard InChI is InChI=1S/C22H19N3O2S/c26-28(27)11-10-19(14-28)25-15-24-21(16-6-2-1-3-7-16)22(25)18-12-17-8-4-5-9-20(17)23-13-18/h1-9,12-13,15,19H,10-11,14H2. The molecule has 1 fully saturated rings. The van der Waals surface area contributed by atoms with Crippen molar-refractivity contribution in [3.63, 3.8) is 0 Å². The first-order chi connectivity index (χ1) is 13.6. The normalized spacial score (nSPS) is 18.5. The SMILES string of the molecule is O=S1(=O)CCC(n2cnc(-c3ccccc3)c2-c2cnc3ccccc3c2)C1. The van der Waals surface area contributed by atoms with Crippen molar-refractivity contribution in [2.24, 2.45) is 0 Å². The highest BCUT2D eigenvalue weighted by Crippen LogP contribution is 2.36. The fourth-order valence-electron chi connectivity index (χ4n) is 3.93. The maximum atomic E-state index is 12.1. The van der Waals surface area contributed by atoms with E-state index in [0.717, 1.165) is 33.4 Å². The van der Waals surface area contributed by atoms with Crippen molar-refractivity contribution >= 4 is 20.7 Å². The summed E-state index contributed by atoms with van der Waals surface area (Å²) >= 11 is 0. The lowest BCUT2D eigenvalue weighted by Gasteiger charge is -2.16. The second-order valence-corrected chi connectivity index (χ2v) is 9.42. The van der Waals surface area contributed by atoms with E-state index in [0.29, 0.717) is 6.42 Å². The van der Waals surface area contributed by atoms with Gasteiger partial charge in [-0.1, -0.05) is 48.5 Å². The van der Waals surface area contributed by atoms with Gasteiger partial charge in [-0.15, -0.1) is 0 Å². The zero-order valence-electron chi connectivity index (χ0n) is 15.2. The lowest BCUT2D eigenvalue weighted by molar-refractivity contribution is 0.559. The quantitative estimate of drug-likeness (QED) is 0.529. The minimum atomic E-state index is -3.00. The molecule has 0 aliphatic carbocycles. The molecule has 0 N–H and O–H groups in total. The predicted octanol–water partition coefficient (Wildman–Crippen LogP) is 4.12. The predicted molar refractivity (Wildman–Crippen MR) is 111 cm³/mol. The van der Waals surface area contributed by atoms with Gasteiger partial charge in [-0.25, -0.2) is 13.4 Å². The number of hydrogen-bond donors (Lipinski definition) is 0. The van der Waals surface area contributed by atoms with E-state index in [4.69, 9.17) is 0 Å². The van der Waals surface area contributed by atoms with Gasteiger partial charge in [-0.05, 0) is 18.6 Å². The van der Waals surface area contributed by atoms with Crippen LogP contribution in [0.3, 0.4) is 0 Å². The van der Waals surface area contributed by atoms with E-state index in [2.05, 4.69) is 16.0 Å². The first-order valence-corrected chi connectivity index (χ1v) is 11.1. The zero-order valence-corrected chi connectivity index (χ0v) is 16.0. The van der Waals surface area contributed by atoms with Crippen molar-refractivity contribution in [1.82, 2.24) is 14.5 Å². The number of nitrogens with zero attached hydrogens (tertiary/aromatic N) is 3. The van der Waals surface area contributed by atoms with E-state index in [1.54, 1.807) is 6.33 Å². The van der Waals surface area contributed by atoms with Crippen molar-refractivity contribution in [3.8, 4) is 22.5 Å². The van der Waals surface area contributed by atoms with Crippen LogP contribution in [0.5, 0.6) is 0 Å². The molecular weight excluding hydrogens is 370 g/mol. The molecule has 0 spiro atoms.